The molecule has 2 aromatic heterocycles. The fourth-order valence-electron chi connectivity index (χ4n) is 2.78. The summed E-state index contributed by atoms with van der Waals surface area (Å²) in [6.45, 7) is 5.83. The summed E-state index contributed by atoms with van der Waals surface area (Å²) in [5.41, 5.74) is 1.99. The molecule has 2 N–H and O–H groups in total. The number of anilines is 1. The summed E-state index contributed by atoms with van der Waals surface area (Å²) < 4.78 is 0. The van der Waals surface area contributed by atoms with E-state index in [1.54, 1.807) is 6.20 Å². The standard InChI is InChI=1S/C16H22N4O/c1-12-14-2-3-16(19-15(14)4-7-17-12)18-8-11-20-9-5-13(21)6-10-20/h2-4,7,13,21H,5-6,8-11H2,1H3,(H,18,19). The summed E-state index contributed by atoms with van der Waals surface area (Å²) >= 11 is 0. The number of hydrogen-bond acceptors (Lipinski definition) is 5. The summed E-state index contributed by atoms with van der Waals surface area (Å²) in [5, 5.41) is 14.0. The van der Waals surface area contributed by atoms with Crippen molar-refractivity contribution in [2.24, 2.45) is 0 Å². The predicted molar refractivity (Wildman–Crippen MR) is 84.4 cm³/mol. The van der Waals surface area contributed by atoms with Crippen molar-refractivity contribution >= 4 is 16.7 Å². The highest BCUT2D eigenvalue weighted by molar-refractivity contribution is 5.81. The van der Waals surface area contributed by atoms with Crippen molar-refractivity contribution in [3.8, 4) is 0 Å². The van der Waals surface area contributed by atoms with E-state index >= 15 is 0 Å². The van der Waals surface area contributed by atoms with Crippen molar-refractivity contribution in [1.82, 2.24) is 14.9 Å². The number of aliphatic hydroxyl groups is 1. The van der Waals surface area contributed by atoms with Crippen LogP contribution >= 0.6 is 0 Å². The molecule has 0 spiro atoms. The number of likely N-dealkylation sites (tertiary alicyclic amines) is 1. The Morgan fingerprint density at radius 3 is 2.90 bits per heavy atom. The third-order valence-electron chi connectivity index (χ3n) is 4.11. The first-order valence-electron chi connectivity index (χ1n) is 7.59. The van der Waals surface area contributed by atoms with Crippen LogP contribution < -0.4 is 5.32 Å². The van der Waals surface area contributed by atoms with Crippen LogP contribution in [0.2, 0.25) is 0 Å². The average Bonchev–Trinajstić information content (AvgIpc) is 2.49. The molecule has 0 aliphatic carbocycles. The van der Waals surface area contributed by atoms with E-state index in [2.05, 4.69) is 26.3 Å². The van der Waals surface area contributed by atoms with Crippen LogP contribution in [0, 0.1) is 6.92 Å². The number of pyridine rings is 2. The maximum atomic E-state index is 9.50. The van der Waals surface area contributed by atoms with E-state index in [1.807, 2.05) is 19.1 Å². The second-order valence-corrected chi connectivity index (χ2v) is 5.66. The molecule has 0 unspecified atom stereocenters. The summed E-state index contributed by atoms with van der Waals surface area (Å²) in [4.78, 5) is 11.3. The largest absolute Gasteiger partial charge is 0.393 e. The Bertz CT molecular complexity index is 608. The molecule has 5 nitrogen and oxygen atoms in total. The third kappa shape index (κ3) is 3.49. The Balaban J connectivity index is 1.56. The molecule has 3 heterocycles. The molecular formula is C16H22N4O. The first-order chi connectivity index (χ1) is 10.2. The Morgan fingerprint density at radius 1 is 1.29 bits per heavy atom. The smallest absolute Gasteiger partial charge is 0.126 e. The minimum Gasteiger partial charge on any atom is -0.393 e. The lowest BCUT2D eigenvalue weighted by molar-refractivity contribution is 0.0845. The lowest BCUT2D eigenvalue weighted by Gasteiger charge is -2.29. The van der Waals surface area contributed by atoms with Gasteiger partial charge in [0, 0.05) is 43.5 Å². The second-order valence-electron chi connectivity index (χ2n) is 5.66. The lowest BCUT2D eigenvalue weighted by Crippen LogP contribution is -2.38. The van der Waals surface area contributed by atoms with Gasteiger partial charge in [-0.1, -0.05) is 0 Å². The molecule has 0 amide bonds. The molecule has 1 saturated heterocycles. The van der Waals surface area contributed by atoms with Gasteiger partial charge < -0.3 is 15.3 Å². The van der Waals surface area contributed by atoms with Gasteiger partial charge in [-0.25, -0.2) is 4.98 Å². The van der Waals surface area contributed by atoms with Crippen LogP contribution in [0.15, 0.2) is 24.4 Å². The first kappa shape index (κ1) is 14.2. The summed E-state index contributed by atoms with van der Waals surface area (Å²) in [6, 6.07) is 6.03. The van der Waals surface area contributed by atoms with Crippen LogP contribution in [0.1, 0.15) is 18.5 Å². The van der Waals surface area contributed by atoms with Gasteiger partial charge in [0.2, 0.25) is 0 Å². The Morgan fingerprint density at radius 2 is 2.10 bits per heavy atom. The molecule has 1 aliphatic rings. The maximum Gasteiger partial charge on any atom is 0.126 e. The van der Waals surface area contributed by atoms with Gasteiger partial charge in [-0.15, -0.1) is 0 Å². The Kier molecular flexibility index (Phi) is 4.31. The van der Waals surface area contributed by atoms with Crippen LogP contribution in [0.5, 0.6) is 0 Å². The summed E-state index contributed by atoms with van der Waals surface area (Å²) in [6.07, 6.45) is 3.47. The molecule has 0 aromatic carbocycles. The normalized spacial score (nSPS) is 17.2. The van der Waals surface area contributed by atoms with Crippen molar-refractivity contribution in [1.29, 1.82) is 0 Å². The van der Waals surface area contributed by atoms with Crippen LogP contribution in [0.3, 0.4) is 0 Å². The zero-order valence-electron chi connectivity index (χ0n) is 12.4. The molecular weight excluding hydrogens is 264 g/mol. The zero-order chi connectivity index (χ0) is 14.7. The zero-order valence-corrected chi connectivity index (χ0v) is 12.4. The number of fused-ring (bicyclic) bond motifs is 1. The van der Waals surface area contributed by atoms with Gasteiger partial charge in [0.05, 0.1) is 11.6 Å². The average molecular weight is 286 g/mol. The number of aryl methyl sites for hydroxylation is 1. The molecule has 112 valence electrons. The number of nitrogens with zero attached hydrogens (tertiary/aromatic N) is 3. The van der Waals surface area contributed by atoms with Crippen molar-refractivity contribution < 1.29 is 5.11 Å². The van der Waals surface area contributed by atoms with E-state index in [4.69, 9.17) is 0 Å². The summed E-state index contributed by atoms with van der Waals surface area (Å²) in [7, 11) is 0. The van der Waals surface area contributed by atoms with E-state index in [0.29, 0.717) is 0 Å². The number of rotatable bonds is 4. The van der Waals surface area contributed by atoms with Gasteiger partial charge in [0.15, 0.2) is 0 Å². The van der Waals surface area contributed by atoms with Crippen molar-refractivity contribution in [2.75, 3.05) is 31.5 Å². The predicted octanol–water partition coefficient (Wildman–Crippen LogP) is 1.81. The highest BCUT2D eigenvalue weighted by Gasteiger charge is 2.16. The summed E-state index contributed by atoms with van der Waals surface area (Å²) in [5.74, 6) is 0.908. The third-order valence-corrected chi connectivity index (χ3v) is 4.11. The number of aliphatic hydroxyl groups excluding tert-OH is 1. The molecule has 0 bridgehead atoms. The molecule has 0 radical (unpaired) electrons. The number of piperidine rings is 1. The lowest BCUT2D eigenvalue weighted by atomic mass is 10.1. The van der Waals surface area contributed by atoms with Crippen LogP contribution in [0.25, 0.3) is 10.9 Å². The van der Waals surface area contributed by atoms with Crippen LogP contribution in [-0.4, -0.2) is 52.3 Å². The van der Waals surface area contributed by atoms with Gasteiger partial charge in [-0.2, -0.15) is 0 Å². The SMILES string of the molecule is Cc1nccc2nc(NCCN3CCC(O)CC3)ccc12. The molecule has 21 heavy (non-hydrogen) atoms. The van der Waals surface area contributed by atoms with Crippen LogP contribution in [-0.2, 0) is 0 Å². The molecule has 0 atom stereocenters. The highest BCUT2D eigenvalue weighted by Crippen LogP contribution is 2.17. The molecule has 0 saturated carbocycles. The number of nitrogens with one attached hydrogen (secondary N) is 1. The van der Waals surface area contributed by atoms with Gasteiger partial charge in [0.1, 0.15) is 5.82 Å². The molecule has 2 aromatic rings. The fourth-order valence-corrected chi connectivity index (χ4v) is 2.78. The van der Waals surface area contributed by atoms with Gasteiger partial charge in [0.25, 0.3) is 0 Å². The first-order valence-corrected chi connectivity index (χ1v) is 7.59. The van der Waals surface area contributed by atoms with Crippen molar-refractivity contribution in [3.63, 3.8) is 0 Å². The minimum atomic E-state index is -0.104. The van der Waals surface area contributed by atoms with Crippen LogP contribution in [0.4, 0.5) is 5.82 Å². The highest BCUT2D eigenvalue weighted by atomic mass is 16.3. The van der Waals surface area contributed by atoms with E-state index in [-0.39, 0.29) is 6.10 Å². The molecule has 1 fully saturated rings. The number of aromatic nitrogens is 2. The number of hydrogen-bond donors (Lipinski definition) is 2. The quantitative estimate of drug-likeness (QED) is 0.897. The van der Waals surface area contributed by atoms with E-state index < -0.39 is 0 Å². The maximum absolute atomic E-state index is 9.50. The Labute approximate surface area is 125 Å². The Hall–Kier alpha value is -1.72. The fraction of sp³-hybridized carbons (Fsp3) is 0.500. The van der Waals surface area contributed by atoms with Gasteiger partial charge in [-0.3, -0.25) is 4.98 Å². The van der Waals surface area contributed by atoms with E-state index in [9.17, 15) is 5.11 Å². The minimum absolute atomic E-state index is 0.104. The monoisotopic (exact) mass is 286 g/mol. The second kappa shape index (κ2) is 6.37. The van der Waals surface area contributed by atoms with Gasteiger partial charge >= 0.3 is 0 Å². The van der Waals surface area contributed by atoms with Gasteiger partial charge in [-0.05, 0) is 38.0 Å². The van der Waals surface area contributed by atoms with E-state index in [1.165, 1.54) is 0 Å². The topological polar surface area (TPSA) is 61.3 Å². The van der Waals surface area contributed by atoms with Crippen molar-refractivity contribution in [2.45, 2.75) is 25.9 Å². The van der Waals surface area contributed by atoms with E-state index in [0.717, 1.165) is 61.4 Å². The molecule has 5 heteroatoms. The molecule has 1 aliphatic heterocycles. The molecule has 3 rings (SSSR count). The van der Waals surface area contributed by atoms with Crippen molar-refractivity contribution in [3.05, 3.63) is 30.1 Å².